The van der Waals surface area contributed by atoms with Gasteiger partial charge in [-0.25, -0.2) is 4.79 Å². The van der Waals surface area contributed by atoms with Crippen LogP contribution in [0, 0.1) is 0 Å². The molecule has 0 aromatic carbocycles. The van der Waals surface area contributed by atoms with Gasteiger partial charge in [-0.2, -0.15) is 0 Å². The Morgan fingerprint density at radius 3 is 2.25 bits per heavy atom. The van der Waals surface area contributed by atoms with Gasteiger partial charge in [-0.05, 0) is 13.3 Å². The fourth-order valence-electron chi connectivity index (χ4n) is 0.475. The molecule has 0 bridgehead atoms. The molecule has 0 aliphatic carbocycles. The van der Waals surface area contributed by atoms with Crippen LogP contribution in [-0.4, -0.2) is 23.7 Å². The van der Waals surface area contributed by atoms with Crippen LogP contribution in [0.4, 0.5) is 0 Å². The summed E-state index contributed by atoms with van der Waals surface area (Å²) < 4.78 is 4.51. The van der Waals surface area contributed by atoms with Crippen LogP contribution in [0.15, 0.2) is 12.2 Å². The van der Waals surface area contributed by atoms with Crippen molar-refractivity contribution in [2.24, 2.45) is 0 Å². The van der Waals surface area contributed by atoms with Gasteiger partial charge in [0.2, 0.25) is 0 Å². The van der Waals surface area contributed by atoms with Crippen molar-refractivity contribution in [3.63, 3.8) is 0 Å². The molecule has 1 heterocycles. The first-order chi connectivity index (χ1) is 5.54. The SMILES string of the molecule is C=C(C)C(=O)O.O=C1CCCO1. The third kappa shape index (κ3) is 5.46. The lowest BCUT2D eigenvalue weighted by molar-refractivity contribution is -0.138. The van der Waals surface area contributed by atoms with Gasteiger partial charge in [0.1, 0.15) is 0 Å². The van der Waals surface area contributed by atoms with Gasteiger partial charge in [0.15, 0.2) is 0 Å². The van der Waals surface area contributed by atoms with Crippen LogP contribution < -0.4 is 0 Å². The van der Waals surface area contributed by atoms with Crippen molar-refractivity contribution in [2.75, 3.05) is 6.61 Å². The van der Waals surface area contributed by atoms with E-state index in [-0.39, 0.29) is 11.5 Å². The summed E-state index contributed by atoms with van der Waals surface area (Å²) in [5, 5.41) is 7.89. The summed E-state index contributed by atoms with van der Waals surface area (Å²) in [6.45, 7) is 5.24. The number of hydrogen-bond donors (Lipinski definition) is 1. The summed E-state index contributed by atoms with van der Waals surface area (Å²) in [6, 6.07) is 0. The van der Waals surface area contributed by atoms with Gasteiger partial charge < -0.3 is 9.84 Å². The van der Waals surface area contributed by atoms with Crippen LogP contribution in [0.2, 0.25) is 0 Å². The number of ether oxygens (including phenoxy) is 1. The maximum atomic E-state index is 10.0. The number of aliphatic carboxylic acids is 1. The van der Waals surface area contributed by atoms with Crippen LogP contribution in [0.25, 0.3) is 0 Å². The van der Waals surface area contributed by atoms with Crippen molar-refractivity contribution < 1.29 is 19.4 Å². The van der Waals surface area contributed by atoms with E-state index in [1.807, 2.05) is 0 Å². The predicted octanol–water partition coefficient (Wildman–Crippen LogP) is 0.970. The van der Waals surface area contributed by atoms with Gasteiger partial charge >= 0.3 is 11.9 Å². The average molecular weight is 172 g/mol. The number of carboxylic acid groups (broad SMARTS) is 1. The Morgan fingerprint density at radius 2 is 2.17 bits per heavy atom. The third-order valence-electron chi connectivity index (χ3n) is 1.15. The molecule has 0 atom stereocenters. The molecule has 4 heteroatoms. The number of esters is 1. The van der Waals surface area contributed by atoms with Crippen LogP contribution in [0.3, 0.4) is 0 Å². The van der Waals surface area contributed by atoms with Crippen molar-refractivity contribution in [1.82, 2.24) is 0 Å². The minimum atomic E-state index is -0.935. The highest BCUT2D eigenvalue weighted by molar-refractivity contribution is 5.84. The van der Waals surface area contributed by atoms with Crippen LogP contribution in [0.1, 0.15) is 19.8 Å². The molecule has 0 aromatic rings. The highest BCUT2D eigenvalue weighted by Gasteiger charge is 2.08. The van der Waals surface area contributed by atoms with E-state index >= 15 is 0 Å². The van der Waals surface area contributed by atoms with Crippen molar-refractivity contribution >= 4 is 11.9 Å². The summed E-state index contributed by atoms with van der Waals surface area (Å²) in [6.07, 6.45) is 1.54. The molecule has 12 heavy (non-hydrogen) atoms. The molecule has 4 nitrogen and oxygen atoms in total. The Bertz CT molecular complexity index is 175. The number of carbonyl (C=O) groups excluding carboxylic acids is 1. The highest BCUT2D eigenvalue weighted by Crippen LogP contribution is 2.01. The third-order valence-corrected chi connectivity index (χ3v) is 1.15. The monoisotopic (exact) mass is 172 g/mol. The van der Waals surface area contributed by atoms with Gasteiger partial charge in [0, 0.05) is 12.0 Å². The van der Waals surface area contributed by atoms with Crippen LogP contribution in [-0.2, 0) is 14.3 Å². The Hall–Kier alpha value is -1.32. The first kappa shape index (κ1) is 10.7. The van der Waals surface area contributed by atoms with Gasteiger partial charge in [0.05, 0.1) is 6.61 Å². The fraction of sp³-hybridized carbons (Fsp3) is 0.500. The molecule has 1 aliphatic heterocycles. The van der Waals surface area contributed by atoms with E-state index in [0.717, 1.165) is 6.42 Å². The molecule has 0 spiro atoms. The minimum absolute atomic E-state index is 0.0463. The molecule has 0 radical (unpaired) electrons. The van der Waals surface area contributed by atoms with Gasteiger partial charge in [-0.1, -0.05) is 6.58 Å². The Morgan fingerprint density at radius 1 is 1.67 bits per heavy atom. The first-order valence-electron chi connectivity index (χ1n) is 3.58. The normalized spacial score (nSPS) is 14.2. The molecule has 0 saturated carbocycles. The number of hydrogen-bond acceptors (Lipinski definition) is 3. The van der Waals surface area contributed by atoms with E-state index < -0.39 is 5.97 Å². The largest absolute Gasteiger partial charge is 0.478 e. The van der Waals surface area contributed by atoms with Crippen molar-refractivity contribution in [3.8, 4) is 0 Å². The van der Waals surface area contributed by atoms with Crippen molar-refractivity contribution in [3.05, 3.63) is 12.2 Å². The smallest absolute Gasteiger partial charge is 0.330 e. The zero-order chi connectivity index (χ0) is 9.56. The first-order valence-corrected chi connectivity index (χ1v) is 3.58. The zero-order valence-corrected chi connectivity index (χ0v) is 7.00. The van der Waals surface area contributed by atoms with E-state index in [1.54, 1.807) is 0 Å². The maximum Gasteiger partial charge on any atom is 0.330 e. The molecule has 1 N–H and O–H groups in total. The minimum Gasteiger partial charge on any atom is -0.478 e. The quantitative estimate of drug-likeness (QED) is 0.473. The average Bonchev–Trinajstić information content (AvgIpc) is 2.40. The molecule has 1 aliphatic rings. The van der Waals surface area contributed by atoms with Crippen LogP contribution >= 0.6 is 0 Å². The number of cyclic esters (lactones) is 1. The maximum absolute atomic E-state index is 10.0. The van der Waals surface area contributed by atoms with Crippen molar-refractivity contribution in [2.45, 2.75) is 19.8 Å². The molecular formula is C8H12O4. The Labute approximate surface area is 70.8 Å². The number of carboxylic acids is 1. The summed E-state index contributed by atoms with van der Waals surface area (Å²) >= 11 is 0. The summed E-state index contributed by atoms with van der Waals surface area (Å²) in [5.41, 5.74) is 0.176. The zero-order valence-electron chi connectivity index (χ0n) is 7.00. The van der Waals surface area contributed by atoms with Crippen molar-refractivity contribution in [1.29, 1.82) is 0 Å². The van der Waals surface area contributed by atoms with E-state index in [4.69, 9.17) is 5.11 Å². The molecule has 0 amide bonds. The molecule has 0 aromatic heterocycles. The summed E-state index contributed by atoms with van der Waals surface area (Å²) in [7, 11) is 0. The molecular weight excluding hydrogens is 160 g/mol. The lowest BCUT2D eigenvalue weighted by Crippen LogP contribution is -1.92. The second-order valence-electron chi connectivity index (χ2n) is 2.41. The lowest BCUT2D eigenvalue weighted by atomic mass is 10.4. The van der Waals surface area contributed by atoms with Crippen LogP contribution in [0.5, 0.6) is 0 Å². The van der Waals surface area contributed by atoms with Gasteiger partial charge in [0.25, 0.3) is 0 Å². The summed E-state index contributed by atoms with van der Waals surface area (Å²) in [4.78, 5) is 19.6. The van der Waals surface area contributed by atoms with Gasteiger partial charge in [-0.15, -0.1) is 0 Å². The van der Waals surface area contributed by atoms with Gasteiger partial charge in [-0.3, -0.25) is 4.79 Å². The topological polar surface area (TPSA) is 63.6 Å². The van der Waals surface area contributed by atoms with E-state index in [2.05, 4.69) is 11.3 Å². The standard InChI is InChI=1S/2C4H6O2/c5-4-2-1-3-6-4;1-3(2)4(5)6/h1-3H2;1H2,2H3,(H,5,6). The Kier molecular flexibility index (Phi) is 4.76. The Balaban J connectivity index is 0.000000202. The molecule has 1 saturated heterocycles. The van der Waals surface area contributed by atoms with E-state index in [1.165, 1.54) is 6.92 Å². The molecule has 1 fully saturated rings. The lowest BCUT2D eigenvalue weighted by Gasteiger charge is -1.81. The molecule has 68 valence electrons. The highest BCUT2D eigenvalue weighted by atomic mass is 16.5. The second kappa shape index (κ2) is 5.35. The summed E-state index contributed by atoms with van der Waals surface area (Å²) in [5.74, 6) is -0.981. The fourth-order valence-corrected chi connectivity index (χ4v) is 0.475. The van der Waals surface area contributed by atoms with E-state index in [0.29, 0.717) is 13.0 Å². The molecule has 0 unspecified atom stereocenters. The van der Waals surface area contributed by atoms with E-state index in [9.17, 15) is 9.59 Å². The number of carbonyl (C=O) groups is 2. The molecule has 1 rings (SSSR count). The second-order valence-corrected chi connectivity index (χ2v) is 2.41. The predicted molar refractivity (Wildman–Crippen MR) is 42.6 cm³/mol. The number of rotatable bonds is 1.